The van der Waals surface area contributed by atoms with E-state index >= 15 is 0 Å². The number of hydrogen-bond donors (Lipinski definition) is 4. The molecule has 0 amide bonds. The topological polar surface area (TPSA) is 161 Å². The molecule has 0 unspecified atom stereocenters. The molecule has 0 aromatic heterocycles. The highest BCUT2D eigenvalue weighted by Gasteiger charge is 2.17. The van der Waals surface area contributed by atoms with Crippen molar-refractivity contribution in [2.24, 2.45) is 0 Å². The van der Waals surface area contributed by atoms with E-state index in [0.717, 1.165) is 6.26 Å². The SMILES string of the molecule is CCc1c(N)ccc(N)c1S(C)(=O)=O.O=S(=O)(O)O. The van der Waals surface area contributed by atoms with E-state index in [4.69, 9.17) is 29.0 Å². The van der Waals surface area contributed by atoms with Gasteiger partial charge in [-0.25, -0.2) is 8.42 Å². The lowest BCUT2D eigenvalue weighted by Crippen LogP contribution is -2.08. The number of nitrogens with two attached hydrogens (primary N) is 2. The minimum absolute atomic E-state index is 0.167. The van der Waals surface area contributed by atoms with E-state index in [-0.39, 0.29) is 10.6 Å². The van der Waals surface area contributed by atoms with Crippen LogP contribution in [0, 0.1) is 0 Å². The monoisotopic (exact) mass is 312 g/mol. The van der Waals surface area contributed by atoms with Gasteiger partial charge in [-0.2, -0.15) is 8.42 Å². The maximum Gasteiger partial charge on any atom is 0.394 e. The highest BCUT2D eigenvalue weighted by molar-refractivity contribution is 7.91. The zero-order chi connectivity index (χ0) is 15.4. The quantitative estimate of drug-likeness (QED) is 0.443. The molecule has 0 spiro atoms. The molecule has 8 nitrogen and oxygen atoms in total. The largest absolute Gasteiger partial charge is 0.398 e. The van der Waals surface area contributed by atoms with E-state index in [0.29, 0.717) is 17.7 Å². The Hall–Kier alpha value is -1.36. The van der Waals surface area contributed by atoms with Crippen molar-refractivity contribution in [3.05, 3.63) is 17.7 Å². The van der Waals surface area contributed by atoms with Gasteiger partial charge in [-0.3, -0.25) is 9.11 Å². The smallest absolute Gasteiger partial charge is 0.394 e. The van der Waals surface area contributed by atoms with E-state index < -0.39 is 20.2 Å². The summed E-state index contributed by atoms with van der Waals surface area (Å²) in [6.07, 6.45) is 1.69. The average molecular weight is 312 g/mol. The fourth-order valence-corrected chi connectivity index (χ4v) is 2.67. The molecule has 0 aliphatic heterocycles. The summed E-state index contributed by atoms with van der Waals surface area (Å²) >= 11 is 0. The van der Waals surface area contributed by atoms with Crippen LogP contribution in [0.25, 0.3) is 0 Å². The zero-order valence-corrected chi connectivity index (χ0v) is 12.0. The molecule has 10 heteroatoms. The van der Waals surface area contributed by atoms with Gasteiger partial charge in [0.1, 0.15) is 0 Å². The van der Waals surface area contributed by atoms with Crippen LogP contribution in [0.4, 0.5) is 11.4 Å². The molecule has 0 bridgehead atoms. The van der Waals surface area contributed by atoms with E-state index in [1.54, 1.807) is 6.07 Å². The van der Waals surface area contributed by atoms with E-state index in [9.17, 15) is 8.42 Å². The Morgan fingerprint density at radius 1 is 1.05 bits per heavy atom. The summed E-state index contributed by atoms with van der Waals surface area (Å²) < 4.78 is 54.5. The lowest BCUT2D eigenvalue weighted by molar-refractivity contribution is 0.381. The first-order valence-corrected chi connectivity index (χ1v) is 8.23. The van der Waals surface area contributed by atoms with Gasteiger partial charge < -0.3 is 11.5 Å². The van der Waals surface area contributed by atoms with Gasteiger partial charge >= 0.3 is 10.4 Å². The fourth-order valence-electron chi connectivity index (χ4n) is 1.46. The molecule has 0 radical (unpaired) electrons. The summed E-state index contributed by atoms with van der Waals surface area (Å²) in [6, 6.07) is 3.15. The molecular formula is C9H16N2O6S2. The Morgan fingerprint density at radius 3 is 1.68 bits per heavy atom. The third kappa shape index (κ3) is 6.38. The lowest BCUT2D eigenvalue weighted by Gasteiger charge is -2.11. The highest BCUT2D eigenvalue weighted by atomic mass is 32.3. The molecule has 0 aliphatic rings. The first-order valence-electron chi connectivity index (χ1n) is 4.94. The molecule has 1 aromatic rings. The standard InChI is InChI=1S/C9H14N2O2S.H2O4S/c1-3-6-7(10)4-5-8(11)9(6)14(2,12)13;1-5(2,3)4/h4-5H,3,10-11H2,1-2H3;(H2,1,2,3,4). The van der Waals surface area contributed by atoms with Crippen molar-refractivity contribution < 1.29 is 25.9 Å². The van der Waals surface area contributed by atoms with Crippen molar-refractivity contribution in [1.29, 1.82) is 0 Å². The molecule has 6 N–H and O–H groups in total. The Kier molecular flexibility index (Phi) is 5.75. The predicted octanol–water partition coefficient (Wildman–Crippen LogP) is 0.164. The Balaban J connectivity index is 0.000000555. The normalized spacial score (nSPS) is 11.6. The second kappa shape index (κ2) is 6.19. The molecule has 0 saturated heterocycles. The second-order valence-corrected chi connectivity index (χ2v) is 6.47. The van der Waals surface area contributed by atoms with E-state index in [1.807, 2.05) is 6.92 Å². The lowest BCUT2D eigenvalue weighted by atomic mass is 10.1. The number of anilines is 2. The Morgan fingerprint density at radius 2 is 1.42 bits per heavy atom. The molecule has 0 atom stereocenters. The van der Waals surface area contributed by atoms with Crippen LogP contribution in [0.5, 0.6) is 0 Å². The van der Waals surface area contributed by atoms with Crippen molar-refractivity contribution >= 4 is 31.6 Å². The third-order valence-electron chi connectivity index (χ3n) is 2.05. The van der Waals surface area contributed by atoms with Crippen LogP contribution >= 0.6 is 0 Å². The number of benzene rings is 1. The van der Waals surface area contributed by atoms with Crippen LogP contribution in [0.15, 0.2) is 17.0 Å². The molecule has 0 heterocycles. The molecule has 0 aliphatic carbocycles. The Bertz CT molecular complexity index is 644. The van der Waals surface area contributed by atoms with Crippen molar-refractivity contribution in [3.63, 3.8) is 0 Å². The van der Waals surface area contributed by atoms with E-state index in [2.05, 4.69) is 0 Å². The zero-order valence-electron chi connectivity index (χ0n) is 10.4. The van der Waals surface area contributed by atoms with Gasteiger partial charge in [0.2, 0.25) is 0 Å². The van der Waals surface area contributed by atoms with Crippen molar-refractivity contribution in [3.8, 4) is 0 Å². The molecule has 110 valence electrons. The molecule has 1 aromatic carbocycles. The average Bonchev–Trinajstić information content (AvgIpc) is 2.16. The van der Waals surface area contributed by atoms with Gasteiger partial charge in [-0.05, 0) is 24.1 Å². The van der Waals surface area contributed by atoms with Crippen LogP contribution in [0.3, 0.4) is 0 Å². The summed E-state index contributed by atoms with van der Waals surface area (Å²) in [5.41, 5.74) is 12.6. The van der Waals surface area contributed by atoms with E-state index in [1.165, 1.54) is 6.07 Å². The van der Waals surface area contributed by atoms with Crippen molar-refractivity contribution in [2.45, 2.75) is 18.2 Å². The molecular weight excluding hydrogens is 296 g/mol. The second-order valence-electron chi connectivity index (χ2n) is 3.63. The summed E-state index contributed by atoms with van der Waals surface area (Å²) in [5.74, 6) is 0. The van der Waals surface area contributed by atoms with Crippen molar-refractivity contribution in [2.75, 3.05) is 17.7 Å². The molecule has 1 rings (SSSR count). The minimum atomic E-state index is -4.67. The van der Waals surface area contributed by atoms with Gasteiger partial charge in [-0.1, -0.05) is 6.92 Å². The molecule has 0 saturated carbocycles. The van der Waals surface area contributed by atoms with Gasteiger partial charge in [-0.15, -0.1) is 0 Å². The summed E-state index contributed by atoms with van der Waals surface area (Å²) in [5, 5.41) is 0. The fraction of sp³-hybridized carbons (Fsp3) is 0.333. The maximum atomic E-state index is 11.5. The first-order chi connectivity index (χ1) is 8.38. The van der Waals surface area contributed by atoms with Gasteiger partial charge in [0, 0.05) is 11.9 Å². The van der Waals surface area contributed by atoms with Crippen LogP contribution < -0.4 is 11.5 Å². The third-order valence-corrected chi connectivity index (χ3v) is 3.28. The van der Waals surface area contributed by atoms with Crippen LogP contribution in [-0.2, 0) is 26.7 Å². The molecule has 0 fully saturated rings. The van der Waals surface area contributed by atoms with Gasteiger partial charge in [0.15, 0.2) is 9.84 Å². The predicted molar refractivity (Wildman–Crippen MR) is 71.9 cm³/mol. The van der Waals surface area contributed by atoms with Crippen LogP contribution in [0.1, 0.15) is 12.5 Å². The Labute approximate surface area is 111 Å². The number of sulfone groups is 1. The minimum Gasteiger partial charge on any atom is -0.398 e. The maximum absolute atomic E-state index is 11.5. The summed E-state index contributed by atoms with van der Waals surface area (Å²) in [6.45, 7) is 1.85. The number of rotatable bonds is 2. The van der Waals surface area contributed by atoms with Gasteiger partial charge in [0.25, 0.3) is 0 Å². The molecule has 19 heavy (non-hydrogen) atoms. The highest BCUT2D eigenvalue weighted by Crippen LogP contribution is 2.28. The first kappa shape index (κ1) is 17.6. The number of nitrogen functional groups attached to an aromatic ring is 2. The van der Waals surface area contributed by atoms with Crippen LogP contribution in [-0.4, -0.2) is 32.2 Å². The van der Waals surface area contributed by atoms with Crippen LogP contribution in [0.2, 0.25) is 0 Å². The van der Waals surface area contributed by atoms with Gasteiger partial charge in [0.05, 0.1) is 10.6 Å². The summed E-state index contributed by atoms with van der Waals surface area (Å²) in [4.78, 5) is 0.167. The summed E-state index contributed by atoms with van der Waals surface area (Å²) in [7, 11) is -7.97. The van der Waals surface area contributed by atoms with Crippen molar-refractivity contribution in [1.82, 2.24) is 0 Å². The number of hydrogen-bond acceptors (Lipinski definition) is 6.